The Morgan fingerprint density at radius 1 is 1.56 bits per heavy atom. The molecule has 3 nitrogen and oxygen atoms in total. The van der Waals surface area contributed by atoms with Gasteiger partial charge in [0.2, 0.25) is 0 Å². The van der Waals surface area contributed by atoms with E-state index >= 15 is 0 Å². The van der Waals surface area contributed by atoms with Gasteiger partial charge in [0.05, 0.1) is 11.6 Å². The van der Waals surface area contributed by atoms with Gasteiger partial charge in [0.1, 0.15) is 5.78 Å². The van der Waals surface area contributed by atoms with E-state index < -0.39 is 0 Å². The summed E-state index contributed by atoms with van der Waals surface area (Å²) in [6, 6.07) is 3.92. The number of hydrogen-bond donors (Lipinski definition) is 1. The molecule has 0 aliphatic heterocycles. The van der Waals surface area contributed by atoms with E-state index in [9.17, 15) is 4.79 Å². The Hall–Kier alpha value is -1.22. The van der Waals surface area contributed by atoms with Gasteiger partial charge in [0.15, 0.2) is 0 Å². The fourth-order valence-electron chi connectivity index (χ4n) is 2.39. The quantitative estimate of drug-likeness (QED) is 0.891. The van der Waals surface area contributed by atoms with Gasteiger partial charge in [0.25, 0.3) is 0 Å². The van der Waals surface area contributed by atoms with Crippen LogP contribution in [-0.4, -0.2) is 16.8 Å². The second-order valence-corrected chi connectivity index (χ2v) is 6.28. The Morgan fingerprint density at radius 3 is 2.94 bits per heavy atom. The highest BCUT2D eigenvalue weighted by molar-refractivity contribution is 5.86. The van der Waals surface area contributed by atoms with Crippen LogP contribution in [0.25, 0.3) is 0 Å². The summed E-state index contributed by atoms with van der Waals surface area (Å²) in [7, 11) is 0. The molecule has 0 saturated heterocycles. The van der Waals surface area contributed by atoms with Gasteiger partial charge in [-0.25, -0.2) is 0 Å². The van der Waals surface area contributed by atoms with Crippen LogP contribution in [0.1, 0.15) is 50.8 Å². The molecule has 0 amide bonds. The van der Waals surface area contributed by atoms with Crippen molar-refractivity contribution in [1.29, 1.82) is 0 Å². The molecule has 0 fully saturated rings. The molecule has 1 aliphatic carbocycles. The predicted molar refractivity (Wildman–Crippen MR) is 72.4 cm³/mol. The summed E-state index contributed by atoms with van der Waals surface area (Å²) in [5, 5.41) is 0. The zero-order valence-electron chi connectivity index (χ0n) is 11.4. The number of carbonyl (C=O) groups is 1. The zero-order valence-corrected chi connectivity index (χ0v) is 11.4. The number of hydrogen-bond acceptors (Lipinski definition) is 3. The highest BCUT2D eigenvalue weighted by Gasteiger charge is 2.32. The van der Waals surface area contributed by atoms with Gasteiger partial charge in [-0.2, -0.15) is 0 Å². The lowest BCUT2D eigenvalue weighted by molar-refractivity contribution is -0.121. The summed E-state index contributed by atoms with van der Waals surface area (Å²) in [4.78, 5) is 16.7. The first-order valence-corrected chi connectivity index (χ1v) is 6.61. The fourth-order valence-corrected chi connectivity index (χ4v) is 2.39. The van der Waals surface area contributed by atoms with Gasteiger partial charge in [-0.1, -0.05) is 26.8 Å². The third-order valence-corrected chi connectivity index (χ3v) is 3.88. The lowest BCUT2D eigenvalue weighted by Crippen LogP contribution is -2.37. The van der Waals surface area contributed by atoms with Crippen LogP contribution in [-0.2, 0) is 11.2 Å². The number of carbonyl (C=O) groups excluding carboxylic acids is 1. The minimum absolute atomic E-state index is 0.0266. The maximum atomic E-state index is 12.3. The summed E-state index contributed by atoms with van der Waals surface area (Å²) < 4.78 is 0. The van der Waals surface area contributed by atoms with Crippen molar-refractivity contribution in [3.05, 3.63) is 29.6 Å². The minimum atomic E-state index is -0.0854. The second-order valence-electron chi connectivity index (χ2n) is 6.28. The molecular weight excluding hydrogens is 224 g/mol. The molecular formula is C15H22N2O. The van der Waals surface area contributed by atoms with E-state index in [2.05, 4.69) is 31.8 Å². The van der Waals surface area contributed by atoms with Crippen molar-refractivity contribution in [2.75, 3.05) is 0 Å². The Kier molecular flexibility index (Phi) is 3.53. The average Bonchev–Trinajstić information content (AvgIpc) is 2.71. The van der Waals surface area contributed by atoms with Crippen molar-refractivity contribution in [2.45, 2.75) is 52.0 Å². The molecule has 0 saturated carbocycles. The Balaban J connectivity index is 2.08. The number of nitrogens with two attached hydrogens (primary N) is 1. The first-order valence-electron chi connectivity index (χ1n) is 6.61. The first kappa shape index (κ1) is 13.2. The molecule has 2 rings (SSSR count). The minimum Gasteiger partial charge on any atom is -0.327 e. The molecule has 2 unspecified atom stereocenters. The van der Waals surface area contributed by atoms with Crippen molar-refractivity contribution >= 4 is 5.78 Å². The highest BCUT2D eigenvalue weighted by atomic mass is 16.1. The summed E-state index contributed by atoms with van der Waals surface area (Å²) in [6.45, 7) is 6.23. The summed E-state index contributed by atoms with van der Waals surface area (Å²) in [5.74, 6) is 0.212. The standard InChI is InChI=1S/C15H22N2O/c1-15(2,3)13(16)9-12(18)11-7-6-10-5-4-8-17-14(10)11/h4-5,8,11,13H,6-7,9,16H2,1-3H3. The molecule has 1 aliphatic rings. The van der Waals surface area contributed by atoms with E-state index in [1.54, 1.807) is 6.20 Å². The molecule has 0 bridgehead atoms. The van der Waals surface area contributed by atoms with Crippen LogP contribution in [0.2, 0.25) is 0 Å². The Morgan fingerprint density at radius 2 is 2.28 bits per heavy atom. The number of nitrogens with zero attached hydrogens (tertiary/aromatic N) is 1. The average molecular weight is 246 g/mol. The SMILES string of the molecule is CC(C)(C)C(N)CC(=O)C1CCc2cccnc21. The largest absolute Gasteiger partial charge is 0.327 e. The molecule has 0 radical (unpaired) electrons. The van der Waals surface area contributed by atoms with Gasteiger partial charge >= 0.3 is 0 Å². The number of fused-ring (bicyclic) bond motifs is 1. The number of pyridine rings is 1. The molecule has 0 aromatic carbocycles. The summed E-state index contributed by atoms with van der Waals surface area (Å²) in [6.07, 6.45) is 4.07. The molecule has 2 N–H and O–H groups in total. The fraction of sp³-hybridized carbons (Fsp3) is 0.600. The lowest BCUT2D eigenvalue weighted by atomic mass is 9.82. The normalized spacial score (nSPS) is 20.6. The molecule has 98 valence electrons. The third-order valence-electron chi connectivity index (χ3n) is 3.88. The predicted octanol–water partition coefficient (Wildman–Crippen LogP) is 2.44. The highest BCUT2D eigenvalue weighted by Crippen LogP contribution is 2.33. The molecule has 3 heteroatoms. The summed E-state index contributed by atoms with van der Waals surface area (Å²) >= 11 is 0. The molecule has 1 aromatic rings. The van der Waals surface area contributed by atoms with Crippen molar-refractivity contribution in [1.82, 2.24) is 4.98 Å². The van der Waals surface area contributed by atoms with Crippen LogP contribution in [0, 0.1) is 5.41 Å². The van der Waals surface area contributed by atoms with E-state index in [-0.39, 0.29) is 23.2 Å². The first-order chi connectivity index (χ1) is 8.39. The number of aryl methyl sites for hydroxylation is 1. The van der Waals surface area contributed by atoms with Crippen molar-refractivity contribution in [2.24, 2.45) is 11.1 Å². The van der Waals surface area contributed by atoms with Gasteiger partial charge in [0, 0.05) is 18.7 Å². The van der Waals surface area contributed by atoms with Crippen LogP contribution in [0.15, 0.2) is 18.3 Å². The van der Waals surface area contributed by atoms with E-state index in [1.165, 1.54) is 5.56 Å². The van der Waals surface area contributed by atoms with Crippen LogP contribution >= 0.6 is 0 Å². The maximum absolute atomic E-state index is 12.3. The van der Waals surface area contributed by atoms with E-state index in [1.807, 2.05) is 6.07 Å². The van der Waals surface area contributed by atoms with Gasteiger partial charge in [-0.15, -0.1) is 0 Å². The van der Waals surface area contributed by atoms with Gasteiger partial charge in [-0.3, -0.25) is 9.78 Å². The molecule has 2 atom stereocenters. The topological polar surface area (TPSA) is 56.0 Å². The van der Waals surface area contributed by atoms with E-state index in [0.717, 1.165) is 18.5 Å². The number of aromatic nitrogens is 1. The van der Waals surface area contributed by atoms with E-state index in [0.29, 0.717) is 6.42 Å². The van der Waals surface area contributed by atoms with Crippen molar-refractivity contribution in [3.8, 4) is 0 Å². The summed E-state index contributed by atoms with van der Waals surface area (Å²) in [5.41, 5.74) is 8.27. The Bertz CT molecular complexity index is 448. The van der Waals surface area contributed by atoms with E-state index in [4.69, 9.17) is 5.73 Å². The number of ketones is 1. The van der Waals surface area contributed by atoms with Crippen LogP contribution < -0.4 is 5.73 Å². The molecule has 1 heterocycles. The number of Topliss-reactive ketones (excluding diaryl/α,β-unsaturated/α-hetero) is 1. The van der Waals surface area contributed by atoms with Crippen molar-refractivity contribution < 1.29 is 4.79 Å². The van der Waals surface area contributed by atoms with Gasteiger partial charge < -0.3 is 5.73 Å². The zero-order chi connectivity index (χ0) is 13.3. The third kappa shape index (κ3) is 2.61. The molecule has 18 heavy (non-hydrogen) atoms. The monoisotopic (exact) mass is 246 g/mol. The van der Waals surface area contributed by atoms with Crippen LogP contribution in [0.4, 0.5) is 0 Å². The maximum Gasteiger partial charge on any atom is 0.143 e. The van der Waals surface area contributed by atoms with Gasteiger partial charge in [-0.05, 0) is 29.9 Å². The Labute approximate surface area is 109 Å². The number of rotatable bonds is 3. The second kappa shape index (κ2) is 4.81. The smallest absolute Gasteiger partial charge is 0.143 e. The van der Waals surface area contributed by atoms with Crippen molar-refractivity contribution in [3.63, 3.8) is 0 Å². The van der Waals surface area contributed by atoms with Crippen LogP contribution in [0.3, 0.4) is 0 Å². The molecule has 1 aromatic heterocycles. The molecule has 0 spiro atoms. The van der Waals surface area contributed by atoms with Crippen LogP contribution in [0.5, 0.6) is 0 Å². The lowest BCUT2D eigenvalue weighted by Gasteiger charge is -2.27.